The maximum atomic E-state index is 12.2. The van der Waals surface area contributed by atoms with Gasteiger partial charge in [-0.25, -0.2) is 18.1 Å². The van der Waals surface area contributed by atoms with Gasteiger partial charge in [0.05, 0.1) is 4.90 Å². The molecule has 1 amide bonds. The summed E-state index contributed by atoms with van der Waals surface area (Å²) < 4.78 is 31.9. The van der Waals surface area contributed by atoms with Crippen LogP contribution in [0.25, 0.3) is 0 Å². The molecule has 0 unspecified atom stereocenters. The highest BCUT2D eigenvalue weighted by molar-refractivity contribution is 7.90. The van der Waals surface area contributed by atoms with Crippen molar-refractivity contribution >= 4 is 38.9 Å². The number of hydrogen-bond acceptors (Lipinski definition) is 6. The Balaban J connectivity index is 1.76. The molecule has 0 bridgehead atoms. The molecule has 0 saturated carbocycles. The van der Waals surface area contributed by atoms with Crippen LogP contribution in [0.4, 0.5) is 0 Å². The minimum Gasteiger partial charge on any atom is -0.371 e. The quantitative estimate of drug-likeness (QED) is 0.891. The van der Waals surface area contributed by atoms with Gasteiger partial charge in [0.1, 0.15) is 16.8 Å². The summed E-state index contributed by atoms with van der Waals surface area (Å²) in [7, 11) is -3.99. The van der Waals surface area contributed by atoms with E-state index in [1.54, 1.807) is 6.07 Å². The summed E-state index contributed by atoms with van der Waals surface area (Å²) in [6, 6.07) is 5.69. The Labute approximate surface area is 142 Å². The van der Waals surface area contributed by atoms with Gasteiger partial charge in [-0.15, -0.1) is 11.3 Å². The van der Waals surface area contributed by atoms with Crippen LogP contribution in [0, 0.1) is 0 Å². The van der Waals surface area contributed by atoms with E-state index < -0.39 is 15.9 Å². The van der Waals surface area contributed by atoms with E-state index in [-0.39, 0.29) is 21.7 Å². The zero-order chi connectivity index (χ0) is 16.4. The van der Waals surface area contributed by atoms with Gasteiger partial charge in [-0.1, -0.05) is 17.7 Å². The van der Waals surface area contributed by atoms with Gasteiger partial charge in [-0.2, -0.15) is 0 Å². The molecule has 1 aliphatic rings. The summed E-state index contributed by atoms with van der Waals surface area (Å²) in [4.78, 5) is 16.2. The Kier molecular flexibility index (Phi) is 4.67. The molecule has 1 fully saturated rings. The molecular formula is C14H13ClN2O4S2. The van der Waals surface area contributed by atoms with Crippen molar-refractivity contribution in [1.29, 1.82) is 0 Å². The number of nitrogens with zero attached hydrogens (tertiary/aromatic N) is 1. The SMILES string of the molecule is O=C(NS(=O)(=O)c1cccc(Cl)c1)c1csc([C@H]2CCCO2)n1. The lowest BCUT2D eigenvalue weighted by Gasteiger charge is -2.06. The average Bonchev–Trinajstić information content (AvgIpc) is 3.18. The van der Waals surface area contributed by atoms with Crippen LogP contribution in [0.1, 0.15) is 34.4 Å². The number of thiazole rings is 1. The molecule has 1 aliphatic heterocycles. The van der Waals surface area contributed by atoms with Crippen molar-refractivity contribution in [3.8, 4) is 0 Å². The lowest BCUT2D eigenvalue weighted by Crippen LogP contribution is -2.30. The Morgan fingerprint density at radius 1 is 1.43 bits per heavy atom. The first kappa shape index (κ1) is 16.4. The van der Waals surface area contributed by atoms with Crippen molar-refractivity contribution in [3.63, 3.8) is 0 Å². The lowest BCUT2D eigenvalue weighted by molar-refractivity contribution is 0.0973. The minimum atomic E-state index is -3.99. The fourth-order valence-corrected chi connectivity index (χ4v) is 4.32. The number of ether oxygens (including phenoxy) is 1. The molecule has 0 aliphatic carbocycles. The molecule has 2 heterocycles. The van der Waals surface area contributed by atoms with E-state index in [1.807, 2.05) is 4.72 Å². The normalized spacial score (nSPS) is 18.0. The number of carbonyl (C=O) groups excluding carboxylic acids is 1. The van der Waals surface area contributed by atoms with E-state index in [4.69, 9.17) is 16.3 Å². The zero-order valence-electron chi connectivity index (χ0n) is 11.9. The van der Waals surface area contributed by atoms with Crippen LogP contribution in [0.5, 0.6) is 0 Å². The highest BCUT2D eigenvalue weighted by atomic mass is 35.5. The van der Waals surface area contributed by atoms with E-state index in [2.05, 4.69) is 4.98 Å². The molecule has 1 saturated heterocycles. The summed E-state index contributed by atoms with van der Waals surface area (Å²) in [5.41, 5.74) is 0.0612. The maximum absolute atomic E-state index is 12.2. The number of halogens is 1. The van der Waals surface area contributed by atoms with Gasteiger partial charge in [-0.05, 0) is 31.0 Å². The van der Waals surface area contributed by atoms with Crippen LogP contribution in [0.2, 0.25) is 5.02 Å². The van der Waals surface area contributed by atoms with E-state index in [1.165, 1.54) is 34.9 Å². The monoisotopic (exact) mass is 372 g/mol. The van der Waals surface area contributed by atoms with Crippen LogP contribution < -0.4 is 4.72 Å². The topological polar surface area (TPSA) is 85.4 Å². The molecule has 1 atom stereocenters. The van der Waals surface area contributed by atoms with Crippen molar-refractivity contribution in [3.05, 3.63) is 45.4 Å². The van der Waals surface area contributed by atoms with Gasteiger partial charge < -0.3 is 4.74 Å². The summed E-state index contributed by atoms with van der Waals surface area (Å²) in [6.07, 6.45) is 1.70. The van der Waals surface area contributed by atoms with E-state index >= 15 is 0 Å². The molecule has 0 spiro atoms. The third-order valence-corrected chi connectivity index (χ3v) is 5.79. The largest absolute Gasteiger partial charge is 0.371 e. The molecule has 1 aromatic carbocycles. The number of benzene rings is 1. The maximum Gasteiger partial charge on any atom is 0.284 e. The molecular weight excluding hydrogens is 360 g/mol. The Hall–Kier alpha value is -1.48. The smallest absolute Gasteiger partial charge is 0.284 e. The summed E-state index contributed by atoms with van der Waals surface area (Å²) in [5.74, 6) is -0.773. The van der Waals surface area contributed by atoms with Crippen molar-refractivity contribution in [2.75, 3.05) is 6.61 Å². The zero-order valence-corrected chi connectivity index (χ0v) is 14.2. The lowest BCUT2D eigenvalue weighted by atomic mass is 10.2. The number of sulfonamides is 1. The van der Waals surface area contributed by atoms with Crippen molar-refractivity contribution < 1.29 is 17.9 Å². The molecule has 1 aromatic heterocycles. The van der Waals surface area contributed by atoms with Gasteiger partial charge in [0.15, 0.2) is 0 Å². The van der Waals surface area contributed by atoms with Crippen LogP contribution in [-0.2, 0) is 14.8 Å². The number of nitrogens with one attached hydrogen (secondary N) is 1. The summed E-state index contributed by atoms with van der Waals surface area (Å²) >= 11 is 7.07. The number of rotatable bonds is 4. The van der Waals surface area contributed by atoms with Gasteiger partial charge >= 0.3 is 0 Å². The highest BCUT2D eigenvalue weighted by Gasteiger charge is 2.24. The first-order valence-corrected chi connectivity index (χ1v) is 9.59. The predicted molar refractivity (Wildman–Crippen MR) is 86.1 cm³/mol. The third-order valence-electron chi connectivity index (χ3n) is 3.29. The Morgan fingerprint density at radius 3 is 2.96 bits per heavy atom. The van der Waals surface area contributed by atoms with E-state index in [0.717, 1.165) is 12.8 Å². The Bertz CT molecular complexity index is 829. The van der Waals surface area contributed by atoms with Gasteiger partial charge in [0, 0.05) is 17.0 Å². The molecule has 2 aromatic rings. The van der Waals surface area contributed by atoms with Gasteiger partial charge in [-0.3, -0.25) is 4.79 Å². The van der Waals surface area contributed by atoms with Crippen molar-refractivity contribution in [1.82, 2.24) is 9.71 Å². The minimum absolute atomic E-state index is 0.0612. The highest BCUT2D eigenvalue weighted by Crippen LogP contribution is 2.30. The fourth-order valence-electron chi connectivity index (χ4n) is 2.18. The number of aromatic nitrogens is 1. The molecule has 23 heavy (non-hydrogen) atoms. The summed E-state index contributed by atoms with van der Waals surface area (Å²) in [6.45, 7) is 0.676. The summed E-state index contributed by atoms with van der Waals surface area (Å²) in [5, 5.41) is 2.49. The predicted octanol–water partition coefficient (Wildman–Crippen LogP) is 2.77. The first-order chi connectivity index (χ1) is 11.0. The Morgan fingerprint density at radius 2 is 2.26 bits per heavy atom. The van der Waals surface area contributed by atoms with E-state index in [0.29, 0.717) is 11.6 Å². The number of carbonyl (C=O) groups is 1. The second-order valence-corrected chi connectivity index (χ2v) is 7.97. The molecule has 9 heteroatoms. The molecule has 6 nitrogen and oxygen atoms in total. The number of amides is 1. The average molecular weight is 373 g/mol. The third kappa shape index (κ3) is 3.72. The van der Waals surface area contributed by atoms with Crippen LogP contribution in [-0.4, -0.2) is 25.9 Å². The standard InChI is InChI=1S/C14H13ClN2O4S2/c15-9-3-1-4-10(7-9)23(19,20)17-13(18)11-8-22-14(16-11)12-5-2-6-21-12/h1,3-4,7-8,12H,2,5-6H2,(H,17,18)/t12-/m1/s1. The van der Waals surface area contributed by atoms with Crippen LogP contribution in [0.15, 0.2) is 34.5 Å². The van der Waals surface area contributed by atoms with E-state index in [9.17, 15) is 13.2 Å². The molecule has 122 valence electrons. The fraction of sp³-hybridized carbons (Fsp3) is 0.286. The number of hydrogen-bond donors (Lipinski definition) is 1. The van der Waals surface area contributed by atoms with Crippen molar-refractivity contribution in [2.24, 2.45) is 0 Å². The first-order valence-electron chi connectivity index (χ1n) is 6.85. The molecule has 0 radical (unpaired) electrons. The van der Waals surface area contributed by atoms with Gasteiger partial charge in [0.25, 0.3) is 15.9 Å². The second kappa shape index (κ2) is 6.56. The van der Waals surface area contributed by atoms with Crippen LogP contribution >= 0.6 is 22.9 Å². The van der Waals surface area contributed by atoms with Gasteiger partial charge in [0.2, 0.25) is 0 Å². The molecule has 1 N–H and O–H groups in total. The second-order valence-electron chi connectivity index (χ2n) is 4.96. The molecule has 3 rings (SSSR count). The van der Waals surface area contributed by atoms with Crippen molar-refractivity contribution in [2.45, 2.75) is 23.8 Å². The van der Waals surface area contributed by atoms with Crippen LogP contribution in [0.3, 0.4) is 0 Å².